The Morgan fingerprint density at radius 3 is 2.45 bits per heavy atom. The van der Waals surface area contributed by atoms with Gasteiger partial charge in [0.1, 0.15) is 11.3 Å². The van der Waals surface area contributed by atoms with Gasteiger partial charge in [0.25, 0.3) is 10.0 Å². The first-order valence-electron chi connectivity index (χ1n) is 13.2. The van der Waals surface area contributed by atoms with Gasteiger partial charge in [-0.3, -0.25) is 14.0 Å². The Morgan fingerprint density at radius 1 is 1.05 bits per heavy atom. The summed E-state index contributed by atoms with van der Waals surface area (Å²) in [4.78, 5) is 19.8. The summed E-state index contributed by atoms with van der Waals surface area (Å²) in [6.07, 6.45) is -3.11. The van der Waals surface area contributed by atoms with Gasteiger partial charge in [-0.2, -0.15) is 13.2 Å². The Bertz CT molecular complexity index is 1640. The molecule has 0 bridgehead atoms. The number of nitrogens with zero attached hydrogens (tertiary/aromatic N) is 4. The number of methoxy groups -OCH3 is 1. The number of rotatable bonds is 6. The molecule has 3 aromatic rings. The van der Waals surface area contributed by atoms with E-state index in [1.807, 2.05) is 24.0 Å². The Kier molecular flexibility index (Phi) is 7.38. The molecule has 1 aromatic heterocycles. The highest BCUT2D eigenvalue weighted by Gasteiger charge is 2.45. The molecule has 0 spiro atoms. The number of hydrogen-bond donors (Lipinski definition) is 1. The number of pyridine rings is 1. The normalized spacial score (nSPS) is 17.9. The number of piperazine rings is 1. The molecule has 9 nitrogen and oxygen atoms in total. The molecule has 42 heavy (non-hydrogen) atoms. The minimum Gasteiger partial charge on any atom is -0.497 e. The number of alkyl halides is 3. The maximum absolute atomic E-state index is 14.1. The highest BCUT2D eigenvalue weighted by Crippen LogP contribution is 2.42. The molecular formula is C29H31F3N4O5S. The summed E-state index contributed by atoms with van der Waals surface area (Å²) in [6, 6.07) is 10.4. The molecule has 2 aliphatic rings. The Balaban J connectivity index is 1.64. The van der Waals surface area contributed by atoms with Crippen molar-refractivity contribution in [3.05, 3.63) is 65.9 Å². The lowest BCUT2D eigenvalue weighted by Crippen LogP contribution is -2.65. The lowest BCUT2D eigenvalue weighted by molar-refractivity contribution is -0.150. The number of sulfonamides is 1. The van der Waals surface area contributed by atoms with Crippen molar-refractivity contribution < 1.29 is 36.2 Å². The van der Waals surface area contributed by atoms with Crippen molar-refractivity contribution >= 4 is 27.5 Å². The summed E-state index contributed by atoms with van der Waals surface area (Å²) in [5.74, 6) is -0.0525. The zero-order valence-electron chi connectivity index (χ0n) is 23.5. The Labute approximate surface area is 242 Å². The number of halogens is 3. The largest absolute Gasteiger partial charge is 0.497 e. The average molecular weight is 605 g/mol. The number of aryl methyl sites for hydroxylation is 1. The summed E-state index contributed by atoms with van der Waals surface area (Å²) >= 11 is 0. The van der Waals surface area contributed by atoms with E-state index in [2.05, 4.69) is 4.98 Å². The molecule has 2 aliphatic heterocycles. The molecule has 0 radical (unpaired) electrons. The number of anilines is 2. The van der Waals surface area contributed by atoms with Crippen LogP contribution in [0.3, 0.4) is 0 Å². The number of carboxylic acid groups (broad SMARTS) is 1. The van der Waals surface area contributed by atoms with Crippen molar-refractivity contribution in [1.82, 2.24) is 9.88 Å². The maximum atomic E-state index is 14.1. The molecule has 1 saturated heterocycles. The summed E-state index contributed by atoms with van der Waals surface area (Å²) in [6.45, 7) is 5.94. The standard InChI is InChI=1S/C29H31F3N4O5S/c1-18-10-19(12-23(11-18)41-4)20-13-25-26(33-15-20)35-9-8-34(28(2,3)27(37)38)16-22(35)17-36(25)42(39,40)24-7-5-6-21(14-24)29(30,31)32/h5-7,10-15,22H,8-9,16-17H2,1-4H3,(H,37,38)/t22-/m0/s1. The highest BCUT2D eigenvalue weighted by molar-refractivity contribution is 7.92. The second-order valence-corrected chi connectivity index (χ2v) is 12.9. The molecule has 1 fully saturated rings. The number of aliphatic carboxylic acids is 1. The van der Waals surface area contributed by atoms with Crippen molar-refractivity contribution in [3.63, 3.8) is 0 Å². The van der Waals surface area contributed by atoms with Gasteiger partial charge in [-0.15, -0.1) is 0 Å². The molecule has 13 heteroatoms. The van der Waals surface area contributed by atoms with Crippen LogP contribution in [0, 0.1) is 6.92 Å². The van der Waals surface area contributed by atoms with Gasteiger partial charge in [0.05, 0.1) is 35.8 Å². The zero-order chi connectivity index (χ0) is 30.6. The first-order chi connectivity index (χ1) is 19.6. The summed E-state index contributed by atoms with van der Waals surface area (Å²) in [5, 5.41) is 9.79. The molecule has 5 rings (SSSR count). The first kappa shape index (κ1) is 29.6. The van der Waals surface area contributed by atoms with Crippen LogP contribution in [0.2, 0.25) is 0 Å². The molecule has 0 amide bonds. The molecule has 1 N–H and O–H groups in total. The second-order valence-electron chi connectivity index (χ2n) is 11.0. The monoisotopic (exact) mass is 604 g/mol. The predicted octanol–water partition coefficient (Wildman–Crippen LogP) is 4.65. The molecule has 0 aliphatic carbocycles. The van der Waals surface area contributed by atoms with Crippen LogP contribution in [0.5, 0.6) is 5.75 Å². The van der Waals surface area contributed by atoms with Gasteiger partial charge in [-0.1, -0.05) is 12.1 Å². The van der Waals surface area contributed by atoms with Gasteiger partial charge in [0.15, 0.2) is 5.82 Å². The van der Waals surface area contributed by atoms with Crippen LogP contribution in [-0.4, -0.2) is 74.2 Å². The molecule has 3 heterocycles. The van der Waals surface area contributed by atoms with Gasteiger partial charge in [-0.05, 0) is 68.3 Å². The van der Waals surface area contributed by atoms with Crippen LogP contribution in [-0.2, 0) is 21.0 Å². The number of carbonyl (C=O) groups is 1. The van der Waals surface area contributed by atoms with Crippen LogP contribution in [0.4, 0.5) is 24.7 Å². The number of fused-ring (bicyclic) bond motifs is 3. The van der Waals surface area contributed by atoms with Crippen molar-refractivity contribution in [2.45, 2.75) is 43.4 Å². The third-order valence-corrected chi connectivity index (χ3v) is 9.71. The molecule has 1 atom stereocenters. The third kappa shape index (κ3) is 5.26. The van der Waals surface area contributed by atoms with Crippen LogP contribution < -0.4 is 13.9 Å². The van der Waals surface area contributed by atoms with E-state index in [0.29, 0.717) is 36.3 Å². The minimum absolute atomic E-state index is 0.111. The van der Waals surface area contributed by atoms with Gasteiger partial charge in [0.2, 0.25) is 0 Å². The fourth-order valence-electron chi connectivity index (χ4n) is 5.45. The van der Waals surface area contributed by atoms with Crippen LogP contribution >= 0.6 is 0 Å². The lowest BCUT2D eigenvalue weighted by atomic mass is 9.98. The molecule has 0 unspecified atom stereocenters. The minimum atomic E-state index is -4.73. The number of ether oxygens (including phenoxy) is 1. The second kappa shape index (κ2) is 10.5. The van der Waals surface area contributed by atoms with Crippen molar-refractivity contribution in [2.24, 2.45) is 0 Å². The van der Waals surface area contributed by atoms with Gasteiger partial charge >= 0.3 is 12.1 Å². The van der Waals surface area contributed by atoms with E-state index in [1.165, 1.54) is 0 Å². The summed E-state index contributed by atoms with van der Waals surface area (Å²) in [5.41, 5.74) is 0.185. The SMILES string of the molecule is COc1cc(C)cc(-c2cnc3c(c2)N(S(=O)(=O)c2cccc(C(F)(F)F)c2)C[C@@H]2CN(C(C)(C)C(=O)O)CCN32)c1. The average Bonchev–Trinajstić information content (AvgIpc) is 2.95. The van der Waals surface area contributed by atoms with Gasteiger partial charge < -0.3 is 14.7 Å². The maximum Gasteiger partial charge on any atom is 0.416 e. The first-order valence-corrected chi connectivity index (χ1v) is 14.7. The highest BCUT2D eigenvalue weighted by atomic mass is 32.2. The summed E-state index contributed by atoms with van der Waals surface area (Å²) in [7, 11) is -2.95. The molecule has 224 valence electrons. The van der Waals surface area contributed by atoms with Crippen molar-refractivity contribution in [1.29, 1.82) is 0 Å². The zero-order valence-corrected chi connectivity index (χ0v) is 24.3. The van der Waals surface area contributed by atoms with E-state index < -0.39 is 44.2 Å². The smallest absolute Gasteiger partial charge is 0.416 e. The van der Waals surface area contributed by atoms with E-state index in [-0.39, 0.29) is 18.8 Å². The van der Waals surface area contributed by atoms with Gasteiger partial charge in [-0.25, -0.2) is 13.4 Å². The number of hydrogen-bond acceptors (Lipinski definition) is 7. The van der Waals surface area contributed by atoms with Gasteiger partial charge in [0, 0.05) is 31.4 Å². The van der Waals surface area contributed by atoms with Crippen LogP contribution in [0.25, 0.3) is 11.1 Å². The van der Waals surface area contributed by atoms with E-state index in [4.69, 9.17) is 4.74 Å². The van der Waals surface area contributed by atoms with Crippen molar-refractivity contribution in [3.8, 4) is 16.9 Å². The molecular weight excluding hydrogens is 573 g/mol. The van der Waals surface area contributed by atoms with Crippen molar-refractivity contribution in [2.75, 3.05) is 42.5 Å². The molecule has 2 aromatic carbocycles. The topological polar surface area (TPSA) is 103 Å². The van der Waals surface area contributed by atoms with Crippen LogP contribution in [0.1, 0.15) is 25.0 Å². The van der Waals surface area contributed by atoms with E-state index in [9.17, 15) is 31.5 Å². The number of benzene rings is 2. The Morgan fingerprint density at radius 2 is 1.79 bits per heavy atom. The van der Waals surface area contributed by atoms with E-state index in [1.54, 1.807) is 44.2 Å². The number of carboxylic acids is 1. The fourth-order valence-corrected chi connectivity index (χ4v) is 6.99. The Hall–Kier alpha value is -3.84. The quantitative estimate of drug-likeness (QED) is 0.434. The van der Waals surface area contributed by atoms with E-state index in [0.717, 1.165) is 33.6 Å². The predicted molar refractivity (Wildman–Crippen MR) is 151 cm³/mol. The van der Waals surface area contributed by atoms with Crippen LogP contribution in [0.15, 0.2) is 59.6 Å². The van der Waals surface area contributed by atoms with E-state index >= 15 is 0 Å². The fraction of sp³-hybridized carbons (Fsp3) is 0.379. The molecule has 0 saturated carbocycles. The third-order valence-electron chi connectivity index (χ3n) is 7.93. The lowest BCUT2D eigenvalue weighted by Gasteiger charge is -2.50. The summed E-state index contributed by atoms with van der Waals surface area (Å²) < 4.78 is 75.2. The number of aromatic nitrogens is 1.